The molecule has 0 radical (unpaired) electrons. The molecule has 2 bridgehead atoms. The van der Waals surface area contributed by atoms with Crippen LogP contribution in [0.15, 0.2) is 24.3 Å². The Labute approximate surface area is 137 Å². The van der Waals surface area contributed by atoms with E-state index in [1.54, 1.807) is 0 Å². The minimum atomic E-state index is -0.0667. The predicted octanol–water partition coefficient (Wildman–Crippen LogP) is 3.87. The molecule has 0 aromatic heterocycles. The van der Waals surface area contributed by atoms with Gasteiger partial charge in [0, 0.05) is 17.6 Å². The van der Waals surface area contributed by atoms with Crippen LogP contribution in [0.4, 0.5) is 5.69 Å². The molecule has 0 unspecified atom stereocenters. The Hall–Kier alpha value is -1.51. The molecule has 1 spiro atoms. The molecule has 120 valence electrons. The summed E-state index contributed by atoms with van der Waals surface area (Å²) in [5.74, 6) is 3.64. The molecular formula is C20H24N2O. The summed E-state index contributed by atoms with van der Waals surface area (Å²) in [5.41, 5.74) is 1.90. The average molecular weight is 308 g/mol. The fourth-order valence-corrected chi connectivity index (χ4v) is 6.74. The third-order valence-electron chi connectivity index (χ3n) is 7.56. The summed E-state index contributed by atoms with van der Waals surface area (Å²) in [4.78, 5) is 15.6. The van der Waals surface area contributed by atoms with Gasteiger partial charge in [-0.2, -0.15) is 0 Å². The molecule has 1 amide bonds. The van der Waals surface area contributed by atoms with Crippen LogP contribution in [-0.2, 0) is 0 Å². The van der Waals surface area contributed by atoms with Crippen LogP contribution in [-0.4, -0.2) is 22.5 Å². The van der Waals surface area contributed by atoms with E-state index >= 15 is 0 Å². The molecule has 0 saturated heterocycles. The highest BCUT2D eigenvalue weighted by Gasteiger charge is 2.66. The molecule has 4 aliphatic carbocycles. The summed E-state index contributed by atoms with van der Waals surface area (Å²) in [6.07, 6.45) is 9.17. The molecular weight excluding hydrogens is 284 g/mol. The maximum absolute atomic E-state index is 13.3. The number of nitrogens with one attached hydrogen (secondary N) is 1. The molecule has 4 fully saturated rings. The van der Waals surface area contributed by atoms with E-state index < -0.39 is 0 Å². The lowest BCUT2D eigenvalue weighted by Gasteiger charge is -2.53. The normalized spacial score (nSPS) is 43.7. The molecule has 23 heavy (non-hydrogen) atoms. The minimum absolute atomic E-state index is 0.0667. The molecule has 3 nitrogen and oxygen atoms in total. The average Bonchev–Trinajstić information content (AvgIpc) is 3.01. The van der Waals surface area contributed by atoms with Crippen molar-refractivity contribution in [3.05, 3.63) is 29.8 Å². The van der Waals surface area contributed by atoms with E-state index in [2.05, 4.69) is 22.3 Å². The number of fused-ring (bicyclic) bond motifs is 7. The number of benzene rings is 1. The Morgan fingerprint density at radius 3 is 2.78 bits per heavy atom. The fraction of sp³-hybridized carbons (Fsp3) is 0.650. The van der Waals surface area contributed by atoms with Crippen molar-refractivity contribution in [3.63, 3.8) is 0 Å². The summed E-state index contributed by atoms with van der Waals surface area (Å²) >= 11 is 0. The van der Waals surface area contributed by atoms with Crippen molar-refractivity contribution in [2.75, 3.05) is 5.32 Å². The largest absolute Gasteiger partial charge is 0.362 e. The van der Waals surface area contributed by atoms with Crippen molar-refractivity contribution in [1.29, 1.82) is 0 Å². The van der Waals surface area contributed by atoms with Crippen LogP contribution in [0.2, 0.25) is 0 Å². The second kappa shape index (κ2) is 4.12. The van der Waals surface area contributed by atoms with Gasteiger partial charge in [-0.05, 0) is 68.4 Å². The number of carbonyl (C=O) groups excluding carboxylic acids is 1. The zero-order valence-electron chi connectivity index (χ0n) is 13.5. The van der Waals surface area contributed by atoms with Crippen molar-refractivity contribution < 1.29 is 4.79 Å². The molecule has 3 heteroatoms. The van der Waals surface area contributed by atoms with E-state index in [4.69, 9.17) is 0 Å². The van der Waals surface area contributed by atoms with Gasteiger partial charge in [0.25, 0.3) is 5.91 Å². The second-order valence-corrected chi connectivity index (χ2v) is 8.57. The van der Waals surface area contributed by atoms with Crippen LogP contribution in [0.3, 0.4) is 0 Å². The second-order valence-electron chi connectivity index (χ2n) is 8.57. The van der Waals surface area contributed by atoms with E-state index in [0.29, 0.717) is 17.9 Å². The summed E-state index contributed by atoms with van der Waals surface area (Å²) in [5, 5.41) is 3.92. The topological polar surface area (TPSA) is 32.3 Å². The Morgan fingerprint density at radius 1 is 1.09 bits per heavy atom. The van der Waals surface area contributed by atoms with Gasteiger partial charge in [0.2, 0.25) is 0 Å². The van der Waals surface area contributed by atoms with Gasteiger partial charge in [-0.25, -0.2) is 0 Å². The quantitative estimate of drug-likeness (QED) is 0.854. The zero-order chi connectivity index (χ0) is 15.2. The van der Waals surface area contributed by atoms with Gasteiger partial charge in [0.1, 0.15) is 5.66 Å². The van der Waals surface area contributed by atoms with Crippen molar-refractivity contribution in [1.82, 2.24) is 4.90 Å². The first-order valence-electron chi connectivity index (χ1n) is 9.49. The lowest BCUT2D eigenvalue weighted by molar-refractivity contribution is 0.0109. The lowest BCUT2D eigenvalue weighted by atomic mass is 9.73. The smallest absolute Gasteiger partial charge is 0.258 e. The molecule has 1 aliphatic heterocycles. The number of hydrogen-bond acceptors (Lipinski definition) is 2. The van der Waals surface area contributed by atoms with Gasteiger partial charge in [-0.1, -0.05) is 18.6 Å². The first-order chi connectivity index (χ1) is 11.3. The monoisotopic (exact) mass is 308 g/mol. The van der Waals surface area contributed by atoms with Gasteiger partial charge < -0.3 is 10.2 Å². The van der Waals surface area contributed by atoms with Crippen molar-refractivity contribution >= 4 is 11.6 Å². The van der Waals surface area contributed by atoms with Crippen molar-refractivity contribution in [3.8, 4) is 0 Å². The summed E-state index contributed by atoms with van der Waals surface area (Å²) in [7, 11) is 0. The summed E-state index contributed by atoms with van der Waals surface area (Å²) < 4.78 is 0. The van der Waals surface area contributed by atoms with Crippen molar-refractivity contribution in [2.45, 2.75) is 56.7 Å². The van der Waals surface area contributed by atoms with Gasteiger partial charge in [0.15, 0.2) is 0 Å². The summed E-state index contributed by atoms with van der Waals surface area (Å²) in [6, 6.07) is 8.65. The molecule has 1 heterocycles. The number of anilines is 1. The first-order valence-corrected chi connectivity index (χ1v) is 9.49. The maximum atomic E-state index is 13.3. The van der Waals surface area contributed by atoms with Crippen LogP contribution in [0.25, 0.3) is 0 Å². The highest BCUT2D eigenvalue weighted by molar-refractivity contribution is 6.02. The Kier molecular flexibility index (Phi) is 2.30. The highest BCUT2D eigenvalue weighted by atomic mass is 16.2. The maximum Gasteiger partial charge on any atom is 0.258 e. The Morgan fingerprint density at radius 2 is 1.91 bits per heavy atom. The predicted molar refractivity (Wildman–Crippen MR) is 89.0 cm³/mol. The number of hydrogen-bond donors (Lipinski definition) is 1. The Bertz CT molecular complexity index is 697. The van der Waals surface area contributed by atoms with Gasteiger partial charge >= 0.3 is 0 Å². The van der Waals surface area contributed by atoms with Crippen LogP contribution >= 0.6 is 0 Å². The molecule has 5 aliphatic rings. The third-order valence-corrected chi connectivity index (χ3v) is 7.56. The van der Waals surface area contributed by atoms with Crippen LogP contribution in [0, 0.1) is 23.7 Å². The number of carbonyl (C=O) groups is 1. The number of para-hydroxylation sites is 1. The molecule has 1 aromatic carbocycles. The number of amides is 1. The van der Waals surface area contributed by atoms with Gasteiger partial charge in [-0.15, -0.1) is 0 Å². The third kappa shape index (κ3) is 1.49. The zero-order valence-corrected chi connectivity index (χ0v) is 13.5. The highest BCUT2D eigenvalue weighted by Crippen LogP contribution is 2.65. The lowest BCUT2D eigenvalue weighted by Crippen LogP contribution is -2.65. The standard InChI is InChI=1S/C20H24N2O/c23-19-16-4-1-2-7-18(16)21-20(22(19)13-8-9-13)11-12-10-17(20)15-6-3-5-14(12)15/h1-2,4,7,12-15,17,21H,3,5-6,8-11H2/t12-,14-,15+,17-,20+/m1/s1. The van der Waals surface area contributed by atoms with Crippen molar-refractivity contribution in [2.24, 2.45) is 23.7 Å². The van der Waals surface area contributed by atoms with Crippen LogP contribution < -0.4 is 5.32 Å². The van der Waals surface area contributed by atoms with Crippen LogP contribution in [0.5, 0.6) is 0 Å². The molecule has 1 aromatic rings. The van der Waals surface area contributed by atoms with E-state index in [1.807, 2.05) is 12.1 Å². The molecule has 4 saturated carbocycles. The van der Waals surface area contributed by atoms with E-state index in [0.717, 1.165) is 29.0 Å². The fourth-order valence-electron chi connectivity index (χ4n) is 6.74. The molecule has 6 rings (SSSR count). The first kappa shape index (κ1) is 12.9. The van der Waals surface area contributed by atoms with Gasteiger partial charge in [0.05, 0.1) is 5.56 Å². The Balaban J connectivity index is 1.49. The number of nitrogens with zero attached hydrogens (tertiary/aromatic N) is 1. The van der Waals surface area contributed by atoms with E-state index in [9.17, 15) is 4.79 Å². The van der Waals surface area contributed by atoms with Crippen LogP contribution in [0.1, 0.15) is 55.3 Å². The molecule has 5 atom stereocenters. The molecule has 1 N–H and O–H groups in total. The minimum Gasteiger partial charge on any atom is -0.362 e. The summed E-state index contributed by atoms with van der Waals surface area (Å²) in [6.45, 7) is 0. The van der Waals surface area contributed by atoms with E-state index in [1.165, 1.54) is 44.9 Å². The van der Waals surface area contributed by atoms with Gasteiger partial charge in [-0.3, -0.25) is 4.79 Å². The number of rotatable bonds is 1. The SMILES string of the molecule is O=C1c2ccccc2N[C@@]2(C[C@H]3C[C@@H]2[C@H]2CCC[C@H]32)N1C1CC1. The van der Waals surface area contributed by atoms with E-state index in [-0.39, 0.29) is 5.66 Å².